The minimum atomic E-state index is 0.0915. The van der Waals surface area contributed by atoms with Crippen LogP contribution in [0, 0.1) is 0 Å². The molecule has 1 aromatic heterocycles. The van der Waals surface area contributed by atoms with Crippen LogP contribution in [0.25, 0.3) is 0 Å². The normalized spacial score (nSPS) is 15.9. The van der Waals surface area contributed by atoms with Gasteiger partial charge in [-0.15, -0.1) is 0 Å². The summed E-state index contributed by atoms with van der Waals surface area (Å²) in [4.78, 5) is 6.79. The van der Waals surface area contributed by atoms with Crippen LogP contribution in [0.5, 0.6) is 0 Å². The van der Waals surface area contributed by atoms with Gasteiger partial charge in [-0.1, -0.05) is 12.1 Å². The molecule has 0 aliphatic carbocycles. The van der Waals surface area contributed by atoms with E-state index in [1.807, 2.05) is 11.6 Å². The first-order valence-corrected chi connectivity index (χ1v) is 7.69. The van der Waals surface area contributed by atoms with E-state index in [1.165, 1.54) is 23.2 Å². The average Bonchev–Trinajstić information content (AvgIpc) is 2.94. The maximum Gasteiger partial charge on any atom is 0.146 e. The van der Waals surface area contributed by atoms with Crippen LogP contribution in [0.3, 0.4) is 0 Å². The Balaban J connectivity index is 1.87. The largest absolute Gasteiger partial charge is 0.364 e. The Bertz CT molecular complexity index is 617. The Kier molecular flexibility index (Phi) is 3.92. The summed E-state index contributed by atoms with van der Waals surface area (Å²) in [5.74, 6) is 1.03. The lowest BCUT2D eigenvalue weighted by Gasteiger charge is -2.31. The van der Waals surface area contributed by atoms with Crippen molar-refractivity contribution in [1.82, 2.24) is 14.8 Å². The molecule has 0 radical (unpaired) electrons. The summed E-state index contributed by atoms with van der Waals surface area (Å²) >= 11 is 0. The van der Waals surface area contributed by atoms with Gasteiger partial charge in [-0.25, -0.2) is 9.67 Å². The van der Waals surface area contributed by atoms with Gasteiger partial charge in [0.15, 0.2) is 0 Å². The molecular weight excluding hydrogens is 262 g/mol. The Morgan fingerprint density at radius 3 is 3.00 bits per heavy atom. The van der Waals surface area contributed by atoms with Gasteiger partial charge in [-0.3, -0.25) is 0 Å². The standard InChI is InChI=1S/C16H23N5/c1-3-21-16(18-11-19-21)10-20-8-4-5-14-9-13(12(2)17)6-7-15(14)20/h6-7,9,11-12H,3-5,8,10,17H2,1-2H3. The highest BCUT2D eigenvalue weighted by Gasteiger charge is 2.19. The minimum absolute atomic E-state index is 0.0915. The molecule has 2 aromatic rings. The van der Waals surface area contributed by atoms with Gasteiger partial charge in [0.1, 0.15) is 12.2 Å². The summed E-state index contributed by atoms with van der Waals surface area (Å²) in [7, 11) is 0. The van der Waals surface area contributed by atoms with E-state index in [0.29, 0.717) is 0 Å². The maximum absolute atomic E-state index is 5.99. The van der Waals surface area contributed by atoms with Crippen LogP contribution < -0.4 is 10.6 Å². The molecule has 1 aliphatic heterocycles. The molecule has 1 atom stereocenters. The van der Waals surface area contributed by atoms with Gasteiger partial charge < -0.3 is 10.6 Å². The fourth-order valence-corrected chi connectivity index (χ4v) is 2.99. The molecular formula is C16H23N5. The summed E-state index contributed by atoms with van der Waals surface area (Å²) in [6.45, 7) is 6.88. The third kappa shape index (κ3) is 2.78. The zero-order valence-corrected chi connectivity index (χ0v) is 12.8. The fraction of sp³-hybridized carbons (Fsp3) is 0.500. The average molecular weight is 285 g/mol. The molecule has 1 unspecified atom stereocenters. The molecule has 0 saturated carbocycles. The quantitative estimate of drug-likeness (QED) is 0.936. The van der Waals surface area contributed by atoms with Crippen molar-refractivity contribution in [3.8, 4) is 0 Å². The van der Waals surface area contributed by atoms with Crippen molar-refractivity contribution in [2.24, 2.45) is 5.73 Å². The summed E-state index contributed by atoms with van der Waals surface area (Å²) < 4.78 is 1.96. The van der Waals surface area contributed by atoms with Crippen LogP contribution >= 0.6 is 0 Å². The summed E-state index contributed by atoms with van der Waals surface area (Å²) in [6, 6.07) is 6.71. The molecule has 3 rings (SSSR count). The second-order valence-electron chi connectivity index (χ2n) is 5.69. The Hall–Kier alpha value is -1.88. The number of fused-ring (bicyclic) bond motifs is 1. The first kappa shape index (κ1) is 14.1. The van der Waals surface area contributed by atoms with E-state index in [1.54, 1.807) is 6.33 Å². The number of rotatable bonds is 4. The molecule has 2 N–H and O–H groups in total. The Morgan fingerprint density at radius 1 is 1.38 bits per heavy atom. The molecule has 0 fully saturated rings. The second kappa shape index (κ2) is 5.85. The van der Waals surface area contributed by atoms with Gasteiger partial charge >= 0.3 is 0 Å². The summed E-state index contributed by atoms with van der Waals surface area (Å²) in [5.41, 5.74) is 9.93. The number of anilines is 1. The summed E-state index contributed by atoms with van der Waals surface area (Å²) in [5, 5.41) is 4.26. The third-order valence-electron chi connectivity index (χ3n) is 4.17. The maximum atomic E-state index is 5.99. The van der Waals surface area contributed by atoms with Crippen LogP contribution in [-0.2, 0) is 19.5 Å². The SMILES string of the molecule is CCn1ncnc1CN1CCCc2cc(C(C)N)ccc21. The van der Waals surface area contributed by atoms with E-state index < -0.39 is 0 Å². The Morgan fingerprint density at radius 2 is 2.24 bits per heavy atom. The van der Waals surface area contributed by atoms with Crippen molar-refractivity contribution in [2.45, 2.75) is 45.8 Å². The number of aromatic nitrogens is 3. The molecule has 1 aromatic carbocycles. The monoisotopic (exact) mass is 285 g/mol. The molecule has 2 heterocycles. The van der Waals surface area contributed by atoms with Crippen molar-refractivity contribution < 1.29 is 0 Å². The van der Waals surface area contributed by atoms with E-state index in [4.69, 9.17) is 5.73 Å². The smallest absolute Gasteiger partial charge is 0.146 e. The molecule has 5 heteroatoms. The van der Waals surface area contributed by atoms with Gasteiger partial charge in [-0.05, 0) is 43.9 Å². The molecule has 0 spiro atoms. The van der Waals surface area contributed by atoms with Crippen LogP contribution in [0.2, 0.25) is 0 Å². The van der Waals surface area contributed by atoms with Crippen molar-refractivity contribution in [2.75, 3.05) is 11.4 Å². The lowest BCUT2D eigenvalue weighted by molar-refractivity contribution is 0.589. The van der Waals surface area contributed by atoms with Gasteiger partial charge in [-0.2, -0.15) is 5.10 Å². The van der Waals surface area contributed by atoms with Gasteiger partial charge in [0.2, 0.25) is 0 Å². The number of nitrogens with two attached hydrogens (primary N) is 1. The van der Waals surface area contributed by atoms with Crippen molar-refractivity contribution in [1.29, 1.82) is 0 Å². The lowest BCUT2D eigenvalue weighted by Crippen LogP contribution is -2.30. The van der Waals surface area contributed by atoms with Crippen LogP contribution in [0.15, 0.2) is 24.5 Å². The number of nitrogens with zero attached hydrogens (tertiary/aromatic N) is 4. The van der Waals surface area contributed by atoms with Gasteiger partial charge in [0, 0.05) is 24.8 Å². The zero-order valence-electron chi connectivity index (χ0n) is 12.8. The molecule has 0 amide bonds. The lowest BCUT2D eigenvalue weighted by atomic mass is 9.97. The molecule has 21 heavy (non-hydrogen) atoms. The minimum Gasteiger partial charge on any atom is -0.364 e. The van der Waals surface area contributed by atoms with Crippen LogP contribution in [0.1, 0.15) is 43.3 Å². The first-order chi connectivity index (χ1) is 10.2. The molecule has 5 nitrogen and oxygen atoms in total. The Labute approximate surface area is 125 Å². The summed E-state index contributed by atoms with van der Waals surface area (Å²) in [6.07, 6.45) is 3.95. The predicted molar refractivity (Wildman–Crippen MR) is 84.1 cm³/mol. The number of hydrogen-bond acceptors (Lipinski definition) is 4. The number of aryl methyl sites for hydroxylation is 2. The van der Waals surface area contributed by atoms with Gasteiger partial charge in [0.25, 0.3) is 0 Å². The number of benzene rings is 1. The third-order valence-corrected chi connectivity index (χ3v) is 4.17. The first-order valence-electron chi connectivity index (χ1n) is 7.69. The van der Waals surface area contributed by atoms with E-state index in [2.05, 4.69) is 40.1 Å². The predicted octanol–water partition coefficient (Wildman–Crippen LogP) is 2.27. The van der Waals surface area contributed by atoms with Crippen molar-refractivity contribution in [3.05, 3.63) is 41.5 Å². The second-order valence-corrected chi connectivity index (χ2v) is 5.69. The van der Waals surface area contributed by atoms with Crippen LogP contribution in [0.4, 0.5) is 5.69 Å². The zero-order chi connectivity index (χ0) is 14.8. The topological polar surface area (TPSA) is 60.0 Å². The highest BCUT2D eigenvalue weighted by atomic mass is 15.3. The molecule has 112 valence electrons. The van der Waals surface area contributed by atoms with Crippen LogP contribution in [-0.4, -0.2) is 21.3 Å². The molecule has 0 bridgehead atoms. The highest BCUT2D eigenvalue weighted by Crippen LogP contribution is 2.30. The highest BCUT2D eigenvalue weighted by molar-refractivity contribution is 5.57. The molecule has 0 saturated heterocycles. The number of hydrogen-bond donors (Lipinski definition) is 1. The van der Waals surface area contributed by atoms with E-state index in [0.717, 1.165) is 31.9 Å². The molecule has 1 aliphatic rings. The van der Waals surface area contributed by atoms with Gasteiger partial charge in [0.05, 0.1) is 6.54 Å². The van der Waals surface area contributed by atoms with Crippen molar-refractivity contribution >= 4 is 5.69 Å². The van der Waals surface area contributed by atoms with E-state index in [9.17, 15) is 0 Å². The van der Waals surface area contributed by atoms with E-state index in [-0.39, 0.29) is 6.04 Å². The van der Waals surface area contributed by atoms with Crippen molar-refractivity contribution in [3.63, 3.8) is 0 Å². The van der Waals surface area contributed by atoms with E-state index >= 15 is 0 Å². The fourth-order valence-electron chi connectivity index (χ4n) is 2.99.